The van der Waals surface area contributed by atoms with Gasteiger partial charge in [-0.2, -0.15) is 0 Å². The van der Waals surface area contributed by atoms with Gasteiger partial charge in [-0.15, -0.1) is 0 Å². The number of ether oxygens (including phenoxy) is 1. The van der Waals surface area contributed by atoms with E-state index in [9.17, 15) is 8.42 Å². The number of nitrogens with one attached hydrogen (secondary N) is 1. The number of hydrogen-bond donors (Lipinski definition) is 1. The van der Waals surface area contributed by atoms with Crippen LogP contribution in [-0.2, 0) is 14.4 Å². The molecule has 8 heteroatoms. The highest BCUT2D eigenvalue weighted by atomic mass is 79.9. The maximum absolute atomic E-state index is 11.8. The summed E-state index contributed by atoms with van der Waals surface area (Å²) >= 11 is 3.56. The van der Waals surface area contributed by atoms with E-state index in [0.29, 0.717) is 23.4 Å². The number of halogens is 1. The van der Waals surface area contributed by atoms with Crippen LogP contribution in [0.2, 0.25) is 18.1 Å². The van der Waals surface area contributed by atoms with E-state index in [0.717, 1.165) is 24.7 Å². The molecular weight excluding hydrogens is 446 g/mol. The lowest BCUT2D eigenvalue weighted by Gasteiger charge is -2.39. The van der Waals surface area contributed by atoms with Gasteiger partial charge in [-0.1, -0.05) is 56.1 Å². The molecule has 0 aliphatic heterocycles. The van der Waals surface area contributed by atoms with Gasteiger partial charge >= 0.3 is 0 Å². The van der Waals surface area contributed by atoms with Gasteiger partial charge in [0.05, 0.1) is 24.7 Å². The van der Waals surface area contributed by atoms with E-state index in [4.69, 9.17) is 9.16 Å². The van der Waals surface area contributed by atoms with E-state index >= 15 is 0 Å². The Kier molecular flexibility index (Phi) is 8.84. The molecule has 1 atom stereocenters. The molecule has 1 rings (SSSR count). The predicted octanol–water partition coefficient (Wildman–Crippen LogP) is 5.69. The van der Waals surface area contributed by atoms with Gasteiger partial charge in [0.25, 0.3) is 0 Å². The van der Waals surface area contributed by atoms with Gasteiger partial charge in [0, 0.05) is 5.33 Å². The summed E-state index contributed by atoms with van der Waals surface area (Å²) in [6.45, 7) is 13.7. The molecule has 0 aliphatic rings. The molecule has 0 spiro atoms. The SMILES string of the molecule is CCCCOc1ccc([C@H](CBr)O[Si](C)(C)C(C)(C)C)cc1NS(C)(=O)=O. The first kappa shape index (κ1) is 24.5. The normalized spacial score (nSPS) is 14.1. The number of alkyl halides is 1. The second kappa shape index (κ2) is 9.76. The van der Waals surface area contributed by atoms with Crippen LogP contribution in [0.1, 0.15) is 52.2 Å². The molecule has 156 valence electrons. The predicted molar refractivity (Wildman–Crippen MR) is 120 cm³/mol. The molecule has 0 saturated carbocycles. The van der Waals surface area contributed by atoms with Crippen molar-refractivity contribution in [1.82, 2.24) is 0 Å². The van der Waals surface area contributed by atoms with E-state index in [1.807, 2.05) is 18.2 Å². The van der Waals surface area contributed by atoms with Crippen LogP contribution in [0.5, 0.6) is 5.75 Å². The van der Waals surface area contributed by atoms with Crippen molar-refractivity contribution in [3.05, 3.63) is 23.8 Å². The van der Waals surface area contributed by atoms with Crippen molar-refractivity contribution in [2.45, 2.75) is 64.8 Å². The highest BCUT2D eigenvalue weighted by Crippen LogP contribution is 2.41. The van der Waals surface area contributed by atoms with Gasteiger partial charge in [-0.3, -0.25) is 4.72 Å². The summed E-state index contributed by atoms with van der Waals surface area (Å²) in [5.41, 5.74) is 1.38. The fourth-order valence-corrected chi connectivity index (χ4v) is 4.79. The standard InChI is InChI=1S/C19H34BrNO4SSi/c1-8-9-12-24-17-11-10-15(13-16(17)21-26(5,22)23)18(14-20)25-27(6,7)19(2,3)4/h10-11,13,18,21H,8-9,12,14H2,1-7H3/t18-/m0/s1. The number of anilines is 1. The Bertz CT molecular complexity index is 717. The first-order valence-electron chi connectivity index (χ1n) is 9.29. The average Bonchev–Trinajstić information content (AvgIpc) is 2.51. The monoisotopic (exact) mass is 479 g/mol. The minimum atomic E-state index is -3.41. The van der Waals surface area contributed by atoms with Gasteiger partial charge in [0.1, 0.15) is 5.75 Å². The Morgan fingerprint density at radius 1 is 1.26 bits per heavy atom. The maximum Gasteiger partial charge on any atom is 0.229 e. The number of unbranched alkanes of at least 4 members (excludes halogenated alkanes) is 1. The minimum Gasteiger partial charge on any atom is -0.491 e. The molecule has 1 N–H and O–H groups in total. The first-order valence-corrected chi connectivity index (χ1v) is 15.2. The molecule has 0 aromatic heterocycles. The van der Waals surface area contributed by atoms with E-state index in [1.54, 1.807) is 0 Å². The van der Waals surface area contributed by atoms with E-state index < -0.39 is 18.3 Å². The number of benzene rings is 1. The lowest BCUT2D eigenvalue weighted by molar-refractivity contribution is 0.208. The number of rotatable bonds is 10. The van der Waals surface area contributed by atoms with Gasteiger partial charge in [0.15, 0.2) is 8.32 Å². The van der Waals surface area contributed by atoms with Crippen molar-refractivity contribution in [1.29, 1.82) is 0 Å². The molecule has 27 heavy (non-hydrogen) atoms. The van der Waals surface area contributed by atoms with Crippen LogP contribution < -0.4 is 9.46 Å². The third-order valence-corrected chi connectivity index (χ3v) is 10.5. The summed E-state index contributed by atoms with van der Waals surface area (Å²) < 4.78 is 38.5. The zero-order chi connectivity index (χ0) is 20.9. The first-order chi connectivity index (χ1) is 12.3. The van der Waals surface area contributed by atoms with Crippen LogP contribution in [0, 0.1) is 0 Å². The molecule has 0 aliphatic carbocycles. The molecule has 0 unspecified atom stereocenters. The van der Waals surface area contributed by atoms with Crippen molar-refractivity contribution < 1.29 is 17.6 Å². The third kappa shape index (κ3) is 7.75. The lowest BCUT2D eigenvalue weighted by atomic mass is 10.1. The molecule has 5 nitrogen and oxygen atoms in total. The Labute approximate surface area is 174 Å². The highest BCUT2D eigenvalue weighted by Gasteiger charge is 2.39. The Morgan fingerprint density at radius 2 is 1.89 bits per heavy atom. The Morgan fingerprint density at radius 3 is 2.37 bits per heavy atom. The second-order valence-corrected chi connectivity index (χ2v) is 15.5. The van der Waals surface area contributed by atoms with Crippen LogP contribution in [-0.4, -0.2) is 34.9 Å². The molecule has 0 bridgehead atoms. The van der Waals surface area contributed by atoms with E-state index in [-0.39, 0.29) is 11.1 Å². The Hall–Kier alpha value is -0.573. The highest BCUT2D eigenvalue weighted by molar-refractivity contribution is 9.09. The molecular formula is C19H34BrNO4SSi. The smallest absolute Gasteiger partial charge is 0.229 e. The van der Waals surface area contributed by atoms with Crippen molar-refractivity contribution in [2.75, 3.05) is 22.9 Å². The fourth-order valence-electron chi connectivity index (χ4n) is 2.20. The van der Waals surface area contributed by atoms with Gasteiger partial charge in [-0.25, -0.2) is 8.42 Å². The molecule has 0 fully saturated rings. The summed E-state index contributed by atoms with van der Waals surface area (Å²) in [6.07, 6.45) is 2.91. The summed E-state index contributed by atoms with van der Waals surface area (Å²) in [4.78, 5) is 0. The van der Waals surface area contributed by atoms with E-state index in [2.05, 4.69) is 61.4 Å². The summed E-state index contributed by atoms with van der Waals surface area (Å²) in [7, 11) is -5.39. The van der Waals surface area contributed by atoms with Crippen LogP contribution in [0.15, 0.2) is 18.2 Å². The summed E-state index contributed by atoms with van der Waals surface area (Å²) in [5, 5.41) is 0.721. The third-order valence-electron chi connectivity index (χ3n) is 4.81. The molecule has 1 aromatic carbocycles. The minimum absolute atomic E-state index is 0.0878. The van der Waals surface area contributed by atoms with Crippen molar-refractivity contribution in [2.24, 2.45) is 0 Å². The summed E-state index contributed by atoms with van der Waals surface area (Å²) in [5.74, 6) is 0.540. The molecule has 1 aromatic rings. The molecule has 0 radical (unpaired) electrons. The van der Waals surface area contributed by atoms with E-state index in [1.165, 1.54) is 0 Å². The number of sulfonamides is 1. The van der Waals surface area contributed by atoms with Crippen LogP contribution in [0.4, 0.5) is 5.69 Å². The van der Waals surface area contributed by atoms with Crippen molar-refractivity contribution >= 4 is 40.0 Å². The second-order valence-electron chi connectivity index (χ2n) is 8.35. The fraction of sp³-hybridized carbons (Fsp3) is 0.684. The van der Waals surface area contributed by atoms with Gasteiger partial charge in [-0.05, 0) is 42.2 Å². The average molecular weight is 481 g/mol. The lowest BCUT2D eigenvalue weighted by Crippen LogP contribution is -2.42. The van der Waals surface area contributed by atoms with Crippen LogP contribution in [0.3, 0.4) is 0 Å². The largest absolute Gasteiger partial charge is 0.491 e. The van der Waals surface area contributed by atoms with Gasteiger partial charge in [0.2, 0.25) is 10.0 Å². The van der Waals surface area contributed by atoms with Gasteiger partial charge < -0.3 is 9.16 Å². The van der Waals surface area contributed by atoms with Crippen molar-refractivity contribution in [3.63, 3.8) is 0 Å². The van der Waals surface area contributed by atoms with Crippen molar-refractivity contribution in [3.8, 4) is 5.75 Å². The molecule has 0 saturated heterocycles. The van der Waals surface area contributed by atoms with Crippen LogP contribution >= 0.6 is 15.9 Å². The molecule has 0 heterocycles. The number of hydrogen-bond acceptors (Lipinski definition) is 4. The zero-order valence-electron chi connectivity index (χ0n) is 17.6. The quantitative estimate of drug-likeness (QED) is 0.265. The molecule has 0 amide bonds. The zero-order valence-corrected chi connectivity index (χ0v) is 21.0. The Balaban J connectivity index is 3.20. The van der Waals surface area contributed by atoms with Crippen LogP contribution in [0.25, 0.3) is 0 Å². The maximum atomic E-state index is 11.8. The summed E-state index contributed by atoms with van der Waals surface area (Å²) in [6, 6.07) is 5.60. The topological polar surface area (TPSA) is 64.6 Å².